The van der Waals surface area contributed by atoms with E-state index >= 15 is 0 Å². The quantitative estimate of drug-likeness (QED) is 0.142. The van der Waals surface area contributed by atoms with Gasteiger partial charge in [0, 0.05) is 21.7 Å². The highest BCUT2D eigenvalue weighted by atomic mass is 32.1. The predicted octanol–water partition coefficient (Wildman–Crippen LogP) is 3.70. The molecule has 0 saturated carbocycles. The number of alkyl halides is 3. The molecule has 1 aromatic heterocycles. The Kier molecular flexibility index (Phi) is 12.2. The van der Waals surface area contributed by atoms with Gasteiger partial charge in [0.15, 0.2) is 5.78 Å². The fourth-order valence-electron chi connectivity index (χ4n) is 4.67. The van der Waals surface area contributed by atoms with Crippen LogP contribution in [0.2, 0.25) is 0 Å². The van der Waals surface area contributed by atoms with Gasteiger partial charge >= 0.3 is 18.2 Å². The minimum Gasteiger partial charge on any atom is -0.475 e. The van der Waals surface area contributed by atoms with Crippen molar-refractivity contribution in [2.24, 2.45) is 5.73 Å². The number of benzene rings is 2. The van der Waals surface area contributed by atoms with Crippen LogP contribution in [0, 0.1) is 5.41 Å². The normalized spacial score (nSPS) is 15.6. The maximum absolute atomic E-state index is 14.0. The lowest BCUT2D eigenvalue weighted by molar-refractivity contribution is -0.192. The monoisotopic (exact) mass is 647 g/mol. The highest BCUT2D eigenvalue weighted by Gasteiger charge is 2.39. The van der Waals surface area contributed by atoms with E-state index in [0.717, 1.165) is 24.1 Å². The van der Waals surface area contributed by atoms with Crippen molar-refractivity contribution in [1.29, 1.82) is 5.41 Å². The summed E-state index contributed by atoms with van der Waals surface area (Å²) in [7, 11) is 1.23. The Morgan fingerprint density at radius 1 is 1.04 bits per heavy atom. The summed E-state index contributed by atoms with van der Waals surface area (Å²) in [5, 5.41) is 25.4. The van der Waals surface area contributed by atoms with E-state index in [0.29, 0.717) is 16.9 Å². The second-order valence-corrected chi connectivity index (χ2v) is 10.8. The fraction of sp³-hybridized carbons (Fsp3) is 0.300. The van der Waals surface area contributed by atoms with Crippen molar-refractivity contribution in [3.63, 3.8) is 0 Å². The molecule has 1 aliphatic heterocycles. The van der Waals surface area contributed by atoms with E-state index in [4.69, 9.17) is 25.8 Å². The Morgan fingerprint density at radius 2 is 1.60 bits per heavy atom. The minimum absolute atomic E-state index is 0.123. The molecule has 0 spiro atoms. The number of thiophene rings is 1. The van der Waals surface area contributed by atoms with Crippen molar-refractivity contribution in [1.82, 2.24) is 16.0 Å². The molecule has 240 valence electrons. The van der Waals surface area contributed by atoms with E-state index in [-0.39, 0.29) is 11.6 Å². The summed E-state index contributed by atoms with van der Waals surface area (Å²) < 4.78 is 36.6. The van der Waals surface area contributed by atoms with Crippen molar-refractivity contribution in [3.05, 3.63) is 93.7 Å². The van der Waals surface area contributed by atoms with Crippen LogP contribution >= 0.6 is 11.3 Å². The number of methoxy groups -OCH3 is 1. The average Bonchev–Trinajstić information content (AvgIpc) is 3.73. The first-order chi connectivity index (χ1) is 21.3. The number of amides is 2. The Balaban J connectivity index is 0.000000707. The summed E-state index contributed by atoms with van der Waals surface area (Å²) in [5.74, 6) is -4.16. The maximum atomic E-state index is 14.0. The second kappa shape index (κ2) is 15.8. The molecule has 45 heavy (non-hydrogen) atoms. The van der Waals surface area contributed by atoms with E-state index < -0.39 is 48.2 Å². The van der Waals surface area contributed by atoms with Crippen LogP contribution in [0.5, 0.6) is 0 Å². The zero-order chi connectivity index (χ0) is 33.1. The molecule has 11 nitrogen and oxygen atoms in total. The highest BCUT2D eigenvalue weighted by molar-refractivity contribution is 7.10. The molecule has 3 aromatic rings. The molecule has 1 fully saturated rings. The predicted molar refractivity (Wildman–Crippen MR) is 160 cm³/mol. The first-order valence-corrected chi connectivity index (χ1v) is 14.5. The summed E-state index contributed by atoms with van der Waals surface area (Å²) in [6, 6.07) is 17.9. The first-order valence-electron chi connectivity index (χ1n) is 13.6. The van der Waals surface area contributed by atoms with Crippen LogP contribution in [0.1, 0.15) is 46.4 Å². The van der Waals surface area contributed by atoms with Gasteiger partial charge in [-0.15, -0.1) is 11.3 Å². The molecular weight excluding hydrogens is 615 g/mol. The average molecular weight is 648 g/mol. The van der Waals surface area contributed by atoms with E-state index in [9.17, 15) is 27.6 Å². The lowest BCUT2D eigenvalue weighted by Gasteiger charge is -2.29. The number of hydrogen-bond acceptors (Lipinski definition) is 8. The number of aliphatic carboxylic acids is 1. The lowest BCUT2D eigenvalue weighted by Crippen LogP contribution is -2.53. The van der Waals surface area contributed by atoms with Gasteiger partial charge in [0.25, 0.3) is 0 Å². The molecule has 15 heteroatoms. The number of amidine groups is 1. The molecule has 2 aromatic carbocycles. The Hall–Kier alpha value is -4.76. The largest absolute Gasteiger partial charge is 0.490 e. The van der Waals surface area contributed by atoms with Crippen molar-refractivity contribution < 1.29 is 42.2 Å². The van der Waals surface area contributed by atoms with Crippen LogP contribution in [0.3, 0.4) is 0 Å². The number of carboxylic acids is 1. The van der Waals surface area contributed by atoms with Gasteiger partial charge in [-0.2, -0.15) is 13.2 Å². The summed E-state index contributed by atoms with van der Waals surface area (Å²) in [6.07, 6.45) is -4.33. The second-order valence-electron chi connectivity index (χ2n) is 9.86. The van der Waals surface area contributed by atoms with Crippen molar-refractivity contribution in [2.45, 2.75) is 43.1 Å². The molecule has 0 radical (unpaired) electrons. The Labute approximate surface area is 260 Å². The number of carbonyl (C=O) groups excluding carboxylic acids is 3. The molecule has 2 amide bonds. The molecule has 1 unspecified atom stereocenters. The van der Waals surface area contributed by atoms with Gasteiger partial charge in [-0.25, -0.2) is 9.59 Å². The van der Waals surface area contributed by atoms with E-state index in [1.807, 2.05) is 60.7 Å². The van der Waals surface area contributed by atoms with Crippen LogP contribution in [-0.2, 0) is 19.1 Å². The Morgan fingerprint density at radius 3 is 2.02 bits per heavy atom. The van der Waals surface area contributed by atoms with Crippen molar-refractivity contribution in [3.8, 4) is 0 Å². The number of Topliss-reactive ketones (excluding diaryl/α,β-unsaturated/α-hetero) is 1. The SMILES string of the molecule is COC(=O)N[C@@H](C(=O)NC(C(=O)[C@@H]1CCCN1)c1cc(C(=N)N)cs1)C(c1ccccc1)c1ccccc1.O=C(O)C(F)(F)F. The number of halogens is 3. The molecule has 7 N–H and O–H groups in total. The topological polar surface area (TPSA) is 184 Å². The number of alkyl carbamates (subject to hydrolysis) is 1. The zero-order valence-electron chi connectivity index (χ0n) is 24.0. The van der Waals surface area contributed by atoms with E-state index in [2.05, 4.69) is 16.0 Å². The number of carbonyl (C=O) groups is 4. The number of ether oxygens (including phenoxy) is 1. The number of carboxylic acid groups (broad SMARTS) is 1. The van der Waals surface area contributed by atoms with Gasteiger partial charge < -0.3 is 31.5 Å². The third-order valence-corrected chi connectivity index (χ3v) is 7.82. The summed E-state index contributed by atoms with van der Waals surface area (Å²) >= 11 is 1.25. The van der Waals surface area contributed by atoms with Gasteiger partial charge in [0.2, 0.25) is 5.91 Å². The molecule has 2 heterocycles. The minimum atomic E-state index is -5.08. The molecule has 0 aliphatic carbocycles. The van der Waals surface area contributed by atoms with E-state index in [1.165, 1.54) is 18.4 Å². The number of ketones is 1. The maximum Gasteiger partial charge on any atom is 0.490 e. The molecule has 4 rings (SSSR count). The number of nitrogens with one attached hydrogen (secondary N) is 4. The third-order valence-electron chi connectivity index (χ3n) is 6.82. The van der Waals surface area contributed by atoms with Crippen molar-refractivity contribution in [2.75, 3.05) is 13.7 Å². The van der Waals surface area contributed by atoms with Crippen LogP contribution < -0.4 is 21.7 Å². The third kappa shape index (κ3) is 9.61. The Bertz CT molecular complexity index is 1440. The number of hydrogen-bond donors (Lipinski definition) is 6. The molecule has 1 aliphatic rings. The van der Waals surface area contributed by atoms with Gasteiger partial charge in [-0.05, 0) is 36.6 Å². The number of nitrogen functional groups attached to an aromatic ring is 1. The van der Waals surface area contributed by atoms with Crippen LogP contribution in [0.15, 0.2) is 72.1 Å². The van der Waals surface area contributed by atoms with Gasteiger partial charge in [0.05, 0.1) is 13.2 Å². The fourth-order valence-corrected chi connectivity index (χ4v) is 5.64. The van der Waals surface area contributed by atoms with Crippen LogP contribution in [-0.4, -0.2) is 66.6 Å². The van der Waals surface area contributed by atoms with E-state index in [1.54, 1.807) is 11.4 Å². The lowest BCUT2D eigenvalue weighted by atomic mass is 9.84. The van der Waals surface area contributed by atoms with Gasteiger partial charge in [-0.3, -0.25) is 15.0 Å². The summed E-state index contributed by atoms with van der Waals surface area (Å²) in [5.41, 5.74) is 7.76. The summed E-state index contributed by atoms with van der Waals surface area (Å²) in [4.78, 5) is 49.5. The molecule has 0 bridgehead atoms. The van der Waals surface area contributed by atoms with Gasteiger partial charge in [-0.1, -0.05) is 60.7 Å². The first kappa shape index (κ1) is 34.7. The molecule has 3 atom stereocenters. The van der Waals surface area contributed by atoms with Crippen molar-refractivity contribution >= 4 is 40.9 Å². The van der Waals surface area contributed by atoms with Crippen LogP contribution in [0.25, 0.3) is 0 Å². The number of rotatable bonds is 10. The van der Waals surface area contributed by atoms with Crippen LogP contribution in [0.4, 0.5) is 18.0 Å². The smallest absolute Gasteiger partial charge is 0.475 e. The zero-order valence-corrected chi connectivity index (χ0v) is 24.8. The van der Waals surface area contributed by atoms with Gasteiger partial charge in [0.1, 0.15) is 17.9 Å². The standard InChI is InChI=1S/C28H31N5O4S.C2HF3O2/c1-37-28(36)33-24(22(17-9-4-2-5-10-17)18-11-6-3-7-12-18)27(35)32-23(25(34)20-13-8-14-31-20)21-15-19(16-38-21)26(29)30;3-2(4,5)1(6)7/h2-7,9-12,15-16,20,22-24,31H,8,13-14H2,1H3,(H3,29,30)(H,32,35)(H,33,36);(H,6,7)/t20-,23?,24+;/m0./s1. The number of nitrogens with two attached hydrogens (primary N) is 1. The summed E-state index contributed by atoms with van der Waals surface area (Å²) in [6.45, 7) is 0.719. The highest BCUT2D eigenvalue weighted by Crippen LogP contribution is 2.31. The molecular formula is C30H32F3N5O6S. The molecule has 1 saturated heterocycles.